The Morgan fingerprint density at radius 3 is 2.50 bits per heavy atom. The van der Waals surface area contributed by atoms with Crippen molar-refractivity contribution in [3.8, 4) is 0 Å². The third kappa shape index (κ3) is 3.69. The third-order valence-electron chi connectivity index (χ3n) is 3.08. The SMILES string of the molecule is Cc1ccc(CN[C@@H](C)c2cccc(Br)c2)cc1. The smallest absolute Gasteiger partial charge is 0.0295 e. The molecule has 0 saturated heterocycles. The van der Waals surface area contributed by atoms with Gasteiger partial charge in [0.15, 0.2) is 0 Å². The Morgan fingerprint density at radius 1 is 1.11 bits per heavy atom. The van der Waals surface area contributed by atoms with Crippen LogP contribution in [0.3, 0.4) is 0 Å². The fraction of sp³-hybridized carbons (Fsp3) is 0.250. The van der Waals surface area contributed by atoms with Gasteiger partial charge in [-0.15, -0.1) is 0 Å². The standard InChI is InChI=1S/C16H18BrN/c1-12-6-8-14(9-7-12)11-18-13(2)15-4-3-5-16(17)10-15/h3-10,13,18H,11H2,1-2H3/t13-/m0/s1. The van der Waals surface area contributed by atoms with Gasteiger partial charge < -0.3 is 5.32 Å². The highest BCUT2D eigenvalue weighted by atomic mass is 79.9. The van der Waals surface area contributed by atoms with Gasteiger partial charge in [-0.05, 0) is 37.1 Å². The molecule has 1 N–H and O–H groups in total. The molecule has 0 fully saturated rings. The minimum Gasteiger partial charge on any atom is -0.306 e. The predicted molar refractivity (Wildman–Crippen MR) is 80.6 cm³/mol. The number of aryl methyl sites for hydroxylation is 1. The maximum absolute atomic E-state index is 3.54. The van der Waals surface area contributed by atoms with Crippen molar-refractivity contribution in [1.82, 2.24) is 5.32 Å². The highest BCUT2D eigenvalue weighted by Crippen LogP contribution is 2.18. The first-order valence-corrected chi connectivity index (χ1v) is 6.99. The van der Waals surface area contributed by atoms with Crippen LogP contribution in [0.2, 0.25) is 0 Å². The van der Waals surface area contributed by atoms with E-state index in [1.165, 1.54) is 16.7 Å². The summed E-state index contributed by atoms with van der Waals surface area (Å²) in [7, 11) is 0. The molecule has 1 nitrogen and oxygen atoms in total. The number of hydrogen-bond acceptors (Lipinski definition) is 1. The number of nitrogens with one attached hydrogen (secondary N) is 1. The Kier molecular flexibility index (Phi) is 4.56. The average molecular weight is 304 g/mol. The second-order valence-corrected chi connectivity index (χ2v) is 5.56. The molecule has 1 atom stereocenters. The van der Waals surface area contributed by atoms with Gasteiger partial charge in [-0.1, -0.05) is 57.9 Å². The van der Waals surface area contributed by atoms with Crippen molar-refractivity contribution in [1.29, 1.82) is 0 Å². The molecule has 0 bridgehead atoms. The largest absolute Gasteiger partial charge is 0.306 e. The molecule has 0 amide bonds. The summed E-state index contributed by atoms with van der Waals surface area (Å²) >= 11 is 3.51. The van der Waals surface area contributed by atoms with E-state index in [9.17, 15) is 0 Å². The lowest BCUT2D eigenvalue weighted by molar-refractivity contribution is 0.574. The summed E-state index contributed by atoms with van der Waals surface area (Å²) in [6.45, 7) is 5.20. The summed E-state index contributed by atoms with van der Waals surface area (Å²) in [6.07, 6.45) is 0. The zero-order chi connectivity index (χ0) is 13.0. The molecule has 18 heavy (non-hydrogen) atoms. The van der Waals surface area contributed by atoms with Crippen molar-refractivity contribution in [2.75, 3.05) is 0 Å². The molecule has 94 valence electrons. The Bertz CT molecular complexity index is 505. The van der Waals surface area contributed by atoms with Crippen molar-refractivity contribution >= 4 is 15.9 Å². The molecule has 0 aliphatic heterocycles. The molecule has 2 rings (SSSR count). The van der Waals surface area contributed by atoms with Crippen molar-refractivity contribution in [3.63, 3.8) is 0 Å². The topological polar surface area (TPSA) is 12.0 Å². The molecule has 0 spiro atoms. The van der Waals surface area contributed by atoms with Gasteiger partial charge in [-0.3, -0.25) is 0 Å². The lowest BCUT2D eigenvalue weighted by Crippen LogP contribution is -2.17. The van der Waals surface area contributed by atoms with E-state index >= 15 is 0 Å². The summed E-state index contributed by atoms with van der Waals surface area (Å²) in [5, 5.41) is 3.54. The normalized spacial score (nSPS) is 12.4. The Hall–Kier alpha value is -1.12. The summed E-state index contributed by atoms with van der Waals surface area (Å²) in [5.41, 5.74) is 3.93. The lowest BCUT2D eigenvalue weighted by atomic mass is 10.1. The molecule has 2 aromatic rings. The van der Waals surface area contributed by atoms with Crippen LogP contribution in [-0.2, 0) is 6.54 Å². The number of rotatable bonds is 4. The fourth-order valence-corrected chi connectivity index (χ4v) is 2.29. The van der Waals surface area contributed by atoms with Crippen LogP contribution >= 0.6 is 15.9 Å². The van der Waals surface area contributed by atoms with Gasteiger partial charge in [-0.2, -0.15) is 0 Å². The fourth-order valence-electron chi connectivity index (χ4n) is 1.87. The average Bonchev–Trinajstić information content (AvgIpc) is 2.38. The molecule has 2 aromatic carbocycles. The summed E-state index contributed by atoms with van der Waals surface area (Å²) < 4.78 is 1.13. The van der Waals surface area contributed by atoms with Gasteiger partial charge in [0.2, 0.25) is 0 Å². The Balaban J connectivity index is 1.96. The van der Waals surface area contributed by atoms with E-state index in [0.29, 0.717) is 6.04 Å². The van der Waals surface area contributed by atoms with Crippen molar-refractivity contribution in [3.05, 3.63) is 69.7 Å². The van der Waals surface area contributed by atoms with Gasteiger partial charge in [0.1, 0.15) is 0 Å². The summed E-state index contributed by atoms with van der Waals surface area (Å²) in [4.78, 5) is 0. The van der Waals surface area contributed by atoms with Crippen LogP contribution < -0.4 is 5.32 Å². The molecular formula is C16H18BrN. The molecule has 0 aromatic heterocycles. The Labute approximate surface area is 117 Å². The first-order valence-electron chi connectivity index (χ1n) is 6.19. The maximum atomic E-state index is 3.54. The molecule has 0 radical (unpaired) electrons. The van der Waals surface area contributed by atoms with Crippen molar-refractivity contribution in [2.24, 2.45) is 0 Å². The van der Waals surface area contributed by atoms with Crippen molar-refractivity contribution in [2.45, 2.75) is 26.4 Å². The molecule has 0 saturated carbocycles. The monoisotopic (exact) mass is 303 g/mol. The van der Waals surface area contributed by atoms with E-state index in [0.717, 1.165) is 11.0 Å². The molecule has 0 heterocycles. The lowest BCUT2D eigenvalue weighted by Gasteiger charge is -2.14. The zero-order valence-corrected chi connectivity index (χ0v) is 12.4. The molecular weight excluding hydrogens is 286 g/mol. The van der Waals surface area contributed by atoms with Gasteiger partial charge in [0.25, 0.3) is 0 Å². The summed E-state index contributed by atoms with van der Waals surface area (Å²) in [5.74, 6) is 0. The van der Waals surface area contributed by atoms with Crippen LogP contribution in [0.5, 0.6) is 0 Å². The maximum Gasteiger partial charge on any atom is 0.0295 e. The predicted octanol–water partition coefficient (Wildman–Crippen LogP) is 4.61. The van der Waals surface area contributed by atoms with Crippen LogP contribution in [0.1, 0.15) is 29.7 Å². The van der Waals surface area contributed by atoms with Crippen LogP contribution in [0.4, 0.5) is 0 Å². The quantitative estimate of drug-likeness (QED) is 0.870. The van der Waals surface area contributed by atoms with Gasteiger partial charge in [-0.25, -0.2) is 0 Å². The van der Waals surface area contributed by atoms with E-state index in [1.807, 2.05) is 0 Å². The van der Waals surface area contributed by atoms with Crippen LogP contribution in [0.15, 0.2) is 53.0 Å². The van der Waals surface area contributed by atoms with E-state index < -0.39 is 0 Å². The minimum atomic E-state index is 0.351. The second kappa shape index (κ2) is 6.17. The van der Waals surface area contributed by atoms with Crippen LogP contribution in [-0.4, -0.2) is 0 Å². The Morgan fingerprint density at radius 2 is 1.83 bits per heavy atom. The molecule has 0 aliphatic rings. The number of hydrogen-bond donors (Lipinski definition) is 1. The van der Waals surface area contributed by atoms with E-state index in [2.05, 4.69) is 83.6 Å². The van der Waals surface area contributed by atoms with Gasteiger partial charge in [0, 0.05) is 17.1 Å². The first-order chi connectivity index (χ1) is 8.65. The van der Waals surface area contributed by atoms with E-state index in [-0.39, 0.29) is 0 Å². The minimum absolute atomic E-state index is 0.351. The third-order valence-corrected chi connectivity index (χ3v) is 3.57. The number of halogens is 1. The van der Waals surface area contributed by atoms with Crippen LogP contribution in [0, 0.1) is 6.92 Å². The highest BCUT2D eigenvalue weighted by Gasteiger charge is 2.04. The molecule has 0 aliphatic carbocycles. The zero-order valence-electron chi connectivity index (χ0n) is 10.8. The highest BCUT2D eigenvalue weighted by molar-refractivity contribution is 9.10. The second-order valence-electron chi connectivity index (χ2n) is 4.64. The van der Waals surface area contributed by atoms with Gasteiger partial charge >= 0.3 is 0 Å². The molecule has 0 unspecified atom stereocenters. The van der Waals surface area contributed by atoms with E-state index in [1.54, 1.807) is 0 Å². The van der Waals surface area contributed by atoms with E-state index in [4.69, 9.17) is 0 Å². The number of benzene rings is 2. The van der Waals surface area contributed by atoms with Crippen LogP contribution in [0.25, 0.3) is 0 Å². The van der Waals surface area contributed by atoms with Gasteiger partial charge in [0.05, 0.1) is 0 Å². The summed E-state index contributed by atoms with van der Waals surface area (Å²) in [6, 6.07) is 17.4. The first kappa shape index (κ1) is 13.3. The molecule has 2 heteroatoms. The van der Waals surface area contributed by atoms with Crippen molar-refractivity contribution < 1.29 is 0 Å².